The van der Waals surface area contributed by atoms with E-state index in [1.165, 1.54) is 0 Å². The molecule has 1 amide bonds. The average molecular weight is 275 g/mol. The molecule has 1 aromatic rings. The van der Waals surface area contributed by atoms with Crippen molar-refractivity contribution in [2.75, 3.05) is 20.3 Å². The van der Waals surface area contributed by atoms with Crippen molar-refractivity contribution < 1.29 is 14.3 Å². The van der Waals surface area contributed by atoms with Crippen molar-refractivity contribution >= 4 is 5.91 Å². The van der Waals surface area contributed by atoms with Gasteiger partial charge in [0.25, 0.3) is 5.91 Å². The Hall–Kier alpha value is -1.81. The van der Waals surface area contributed by atoms with Gasteiger partial charge in [0.1, 0.15) is 5.75 Å². The van der Waals surface area contributed by atoms with Gasteiger partial charge in [0, 0.05) is 18.7 Å². The molecular formula is C16H21NO3. The highest BCUT2D eigenvalue weighted by Crippen LogP contribution is 2.21. The number of methoxy groups -OCH3 is 1. The topological polar surface area (TPSA) is 47.6 Å². The predicted octanol–water partition coefficient (Wildman–Crippen LogP) is 2.33. The standard InChI is InChI=1S/C16H21NO3/c1-3-5-12-10-13(7-8-15(12)19-2)16(18)17-11-14-6-4-9-20-14/h3,7-8,10,14H,1,4-6,9,11H2,2H3,(H,17,18)/t14-/m1/s1. The lowest BCUT2D eigenvalue weighted by molar-refractivity contribution is 0.0857. The van der Waals surface area contributed by atoms with Gasteiger partial charge >= 0.3 is 0 Å². The molecule has 1 aliphatic heterocycles. The van der Waals surface area contributed by atoms with Crippen LogP contribution in [0.2, 0.25) is 0 Å². The molecule has 1 fully saturated rings. The third-order valence-corrected chi connectivity index (χ3v) is 3.42. The van der Waals surface area contributed by atoms with E-state index in [0.717, 1.165) is 30.8 Å². The van der Waals surface area contributed by atoms with Crippen LogP contribution in [0.15, 0.2) is 30.9 Å². The summed E-state index contributed by atoms with van der Waals surface area (Å²) in [4.78, 5) is 12.1. The van der Waals surface area contributed by atoms with Gasteiger partial charge in [-0.25, -0.2) is 0 Å². The van der Waals surface area contributed by atoms with Crippen LogP contribution in [0.4, 0.5) is 0 Å². The quantitative estimate of drug-likeness (QED) is 0.811. The number of hydrogen-bond acceptors (Lipinski definition) is 3. The summed E-state index contributed by atoms with van der Waals surface area (Å²) in [5, 5.41) is 2.92. The van der Waals surface area contributed by atoms with E-state index in [4.69, 9.17) is 9.47 Å². The highest BCUT2D eigenvalue weighted by atomic mass is 16.5. The number of hydrogen-bond donors (Lipinski definition) is 1. The zero-order valence-corrected chi connectivity index (χ0v) is 11.9. The second-order valence-corrected chi connectivity index (χ2v) is 4.86. The zero-order valence-electron chi connectivity index (χ0n) is 11.9. The van der Waals surface area contributed by atoms with Crippen molar-refractivity contribution in [3.05, 3.63) is 42.0 Å². The number of carbonyl (C=O) groups is 1. The SMILES string of the molecule is C=CCc1cc(C(=O)NC[C@H]2CCCO2)ccc1OC. The molecular weight excluding hydrogens is 254 g/mol. The van der Waals surface area contributed by atoms with Gasteiger partial charge in [-0.2, -0.15) is 0 Å². The predicted molar refractivity (Wildman–Crippen MR) is 78.2 cm³/mol. The zero-order chi connectivity index (χ0) is 14.4. The van der Waals surface area contributed by atoms with Gasteiger partial charge in [-0.15, -0.1) is 6.58 Å². The monoisotopic (exact) mass is 275 g/mol. The first-order valence-electron chi connectivity index (χ1n) is 6.92. The lowest BCUT2D eigenvalue weighted by Gasteiger charge is -2.12. The number of ether oxygens (including phenoxy) is 2. The van der Waals surface area contributed by atoms with Crippen LogP contribution in [-0.4, -0.2) is 32.3 Å². The van der Waals surface area contributed by atoms with Gasteiger partial charge < -0.3 is 14.8 Å². The largest absolute Gasteiger partial charge is 0.496 e. The van der Waals surface area contributed by atoms with Crippen LogP contribution in [0, 0.1) is 0 Å². The number of amides is 1. The molecule has 4 heteroatoms. The number of nitrogens with one attached hydrogen (secondary N) is 1. The smallest absolute Gasteiger partial charge is 0.251 e. The Labute approximate surface area is 119 Å². The summed E-state index contributed by atoms with van der Waals surface area (Å²) in [6.45, 7) is 5.09. The third kappa shape index (κ3) is 3.61. The van der Waals surface area contributed by atoms with E-state index < -0.39 is 0 Å². The second kappa shape index (κ2) is 7.10. The fraction of sp³-hybridized carbons (Fsp3) is 0.438. The van der Waals surface area contributed by atoms with Gasteiger partial charge in [-0.3, -0.25) is 4.79 Å². The molecule has 2 rings (SSSR count). The van der Waals surface area contributed by atoms with E-state index >= 15 is 0 Å². The molecule has 1 aromatic carbocycles. The summed E-state index contributed by atoms with van der Waals surface area (Å²) in [6, 6.07) is 5.45. The number of carbonyl (C=O) groups excluding carboxylic acids is 1. The second-order valence-electron chi connectivity index (χ2n) is 4.86. The molecule has 1 aliphatic rings. The minimum Gasteiger partial charge on any atom is -0.496 e. The molecule has 1 saturated heterocycles. The Morgan fingerprint density at radius 3 is 3.10 bits per heavy atom. The van der Waals surface area contributed by atoms with Gasteiger partial charge in [-0.1, -0.05) is 6.08 Å². The molecule has 4 nitrogen and oxygen atoms in total. The van der Waals surface area contributed by atoms with Gasteiger partial charge in [0.15, 0.2) is 0 Å². The van der Waals surface area contributed by atoms with Crippen molar-refractivity contribution in [2.45, 2.75) is 25.4 Å². The summed E-state index contributed by atoms with van der Waals surface area (Å²) in [5.41, 5.74) is 1.60. The van der Waals surface area contributed by atoms with E-state index in [1.807, 2.05) is 12.1 Å². The van der Waals surface area contributed by atoms with Crippen molar-refractivity contribution in [2.24, 2.45) is 0 Å². The minimum atomic E-state index is -0.0755. The van der Waals surface area contributed by atoms with Crippen molar-refractivity contribution in [3.63, 3.8) is 0 Å². The molecule has 0 radical (unpaired) electrons. The molecule has 1 N–H and O–H groups in total. The lowest BCUT2D eigenvalue weighted by Crippen LogP contribution is -2.31. The Morgan fingerprint density at radius 2 is 2.45 bits per heavy atom. The Bertz CT molecular complexity index is 479. The maximum atomic E-state index is 12.1. The Morgan fingerprint density at radius 1 is 1.60 bits per heavy atom. The highest BCUT2D eigenvalue weighted by Gasteiger charge is 2.17. The lowest BCUT2D eigenvalue weighted by atomic mass is 10.1. The van der Waals surface area contributed by atoms with E-state index in [9.17, 15) is 4.79 Å². The Balaban J connectivity index is 2.01. The molecule has 108 valence electrons. The summed E-state index contributed by atoms with van der Waals surface area (Å²) in [7, 11) is 1.62. The first kappa shape index (κ1) is 14.6. The molecule has 1 atom stereocenters. The molecule has 0 bridgehead atoms. The highest BCUT2D eigenvalue weighted by molar-refractivity contribution is 5.94. The van der Waals surface area contributed by atoms with Crippen molar-refractivity contribution in [3.8, 4) is 5.75 Å². The fourth-order valence-corrected chi connectivity index (χ4v) is 2.35. The van der Waals surface area contributed by atoms with E-state index in [1.54, 1.807) is 19.3 Å². The van der Waals surface area contributed by atoms with Crippen LogP contribution in [0.3, 0.4) is 0 Å². The normalized spacial score (nSPS) is 17.8. The molecule has 0 aliphatic carbocycles. The third-order valence-electron chi connectivity index (χ3n) is 3.42. The number of allylic oxidation sites excluding steroid dienone is 1. The molecule has 20 heavy (non-hydrogen) atoms. The van der Waals surface area contributed by atoms with E-state index in [0.29, 0.717) is 18.5 Å². The first-order valence-corrected chi connectivity index (χ1v) is 6.92. The molecule has 0 spiro atoms. The first-order chi connectivity index (χ1) is 9.74. The van der Waals surface area contributed by atoms with Gasteiger partial charge in [0.2, 0.25) is 0 Å². The van der Waals surface area contributed by atoms with Gasteiger partial charge in [-0.05, 0) is 43.0 Å². The number of rotatable bonds is 6. The fourth-order valence-electron chi connectivity index (χ4n) is 2.35. The molecule has 0 aromatic heterocycles. The molecule has 0 unspecified atom stereocenters. The Kier molecular flexibility index (Phi) is 5.18. The van der Waals surface area contributed by atoms with Crippen LogP contribution in [0.1, 0.15) is 28.8 Å². The summed E-state index contributed by atoms with van der Waals surface area (Å²) in [5.74, 6) is 0.703. The molecule has 1 heterocycles. The minimum absolute atomic E-state index is 0.0755. The number of benzene rings is 1. The van der Waals surface area contributed by atoms with E-state index in [-0.39, 0.29) is 12.0 Å². The van der Waals surface area contributed by atoms with E-state index in [2.05, 4.69) is 11.9 Å². The average Bonchev–Trinajstić information content (AvgIpc) is 2.98. The van der Waals surface area contributed by atoms with Gasteiger partial charge in [0.05, 0.1) is 13.2 Å². The van der Waals surface area contributed by atoms with Crippen LogP contribution in [0.5, 0.6) is 5.75 Å². The summed E-state index contributed by atoms with van der Waals surface area (Å²) in [6.07, 6.45) is 4.73. The van der Waals surface area contributed by atoms with Crippen LogP contribution >= 0.6 is 0 Å². The summed E-state index contributed by atoms with van der Waals surface area (Å²) < 4.78 is 10.8. The van der Waals surface area contributed by atoms with Crippen LogP contribution in [0.25, 0.3) is 0 Å². The molecule has 0 saturated carbocycles. The summed E-state index contributed by atoms with van der Waals surface area (Å²) >= 11 is 0. The van der Waals surface area contributed by atoms with Crippen LogP contribution < -0.4 is 10.1 Å². The van der Waals surface area contributed by atoms with Crippen molar-refractivity contribution in [1.29, 1.82) is 0 Å². The maximum Gasteiger partial charge on any atom is 0.251 e. The van der Waals surface area contributed by atoms with Crippen molar-refractivity contribution in [1.82, 2.24) is 5.32 Å². The maximum absolute atomic E-state index is 12.1. The van der Waals surface area contributed by atoms with Crippen LogP contribution in [-0.2, 0) is 11.2 Å².